The van der Waals surface area contributed by atoms with E-state index >= 15 is 0 Å². The van der Waals surface area contributed by atoms with Gasteiger partial charge in [0.05, 0.1) is 4.92 Å². The number of hydrogen-bond acceptors (Lipinski definition) is 5. The fraction of sp³-hybridized carbons (Fsp3) is 0.435. The first-order valence-corrected chi connectivity index (χ1v) is 10.3. The van der Waals surface area contributed by atoms with E-state index < -0.39 is 0 Å². The molecule has 1 heterocycles. The van der Waals surface area contributed by atoms with Gasteiger partial charge in [-0.1, -0.05) is 51.1 Å². The van der Waals surface area contributed by atoms with Crippen molar-refractivity contribution in [2.24, 2.45) is 5.41 Å². The minimum Gasteiger partial charge on any atom is -0.373 e. The molecule has 2 aromatic carbocycles. The minimum absolute atomic E-state index is 0.0584. The number of nitrogens with one attached hydrogen (secondary N) is 1. The molecule has 2 aromatic rings. The smallest absolute Gasteiger partial charge is 0.292 e. The number of hydrogen-bond donors (Lipinski definition) is 1. The fourth-order valence-electron chi connectivity index (χ4n) is 3.70. The Hall–Kier alpha value is -3.09. The zero-order valence-corrected chi connectivity index (χ0v) is 18.1. The summed E-state index contributed by atoms with van der Waals surface area (Å²) in [5.41, 5.74) is 2.16. The number of rotatable bonds is 5. The van der Waals surface area contributed by atoms with E-state index in [1.807, 2.05) is 69.0 Å². The summed E-state index contributed by atoms with van der Waals surface area (Å²) in [6, 6.07) is 15.0. The molecule has 1 amide bonds. The standard InChI is InChI=1S/C23H30N4O3/c1-17(18-8-6-5-7-9-18)24-20-16-19(10-11-21(20)27(29)30)25-12-14-26(15-13-25)22(28)23(2,3)4/h5-11,16-17,24H,12-15H2,1-4H3/t17-/m1/s1. The number of anilines is 2. The normalized spacial score (nSPS) is 15.6. The largest absolute Gasteiger partial charge is 0.373 e. The topological polar surface area (TPSA) is 78.7 Å². The van der Waals surface area contributed by atoms with Crippen molar-refractivity contribution in [1.29, 1.82) is 0 Å². The lowest BCUT2D eigenvalue weighted by molar-refractivity contribution is -0.384. The van der Waals surface area contributed by atoms with Crippen molar-refractivity contribution in [1.82, 2.24) is 4.90 Å². The summed E-state index contributed by atoms with van der Waals surface area (Å²) in [5.74, 6) is 0.157. The highest BCUT2D eigenvalue weighted by molar-refractivity contribution is 5.82. The van der Waals surface area contributed by atoms with E-state index in [4.69, 9.17) is 0 Å². The van der Waals surface area contributed by atoms with Crippen LogP contribution in [0.5, 0.6) is 0 Å². The molecule has 0 spiro atoms. The number of amides is 1. The third-order valence-corrected chi connectivity index (χ3v) is 5.42. The van der Waals surface area contributed by atoms with Crippen LogP contribution in [0.4, 0.5) is 17.1 Å². The van der Waals surface area contributed by atoms with Gasteiger partial charge in [-0.2, -0.15) is 0 Å². The molecule has 0 saturated carbocycles. The molecule has 3 rings (SSSR count). The number of nitro groups is 1. The molecule has 1 saturated heterocycles. The van der Waals surface area contributed by atoms with E-state index in [-0.39, 0.29) is 28.0 Å². The van der Waals surface area contributed by atoms with E-state index in [1.165, 1.54) is 0 Å². The fourth-order valence-corrected chi connectivity index (χ4v) is 3.70. The first kappa shape index (κ1) is 21.6. The van der Waals surface area contributed by atoms with Gasteiger partial charge in [-0.3, -0.25) is 14.9 Å². The average Bonchev–Trinajstić information content (AvgIpc) is 2.73. The molecule has 1 aliphatic rings. The molecule has 1 fully saturated rings. The Labute approximate surface area is 177 Å². The number of nitrogens with zero attached hydrogens (tertiary/aromatic N) is 3. The van der Waals surface area contributed by atoms with Crippen molar-refractivity contribution in [2.75, 3.05) is 36.4 Å². The summed E-state index contributed by atoms with van der Waals surface area (Å²) < 4.78 is 0. The maximum atomic E-state index is 12.5. The molecule has 7 nitrogen and oxygen atoms in total. The van der Waals surface area contributed by atoms with Crippen molar-refractivity contribution in [3.63, 3.8) is 0 Å². The summed E-state index contributed by atoms with van der Waals surface area (Å²) in [5, 5.41) is 14.8. The summed E-state index contributed by atoms with van der Waals surface area (Å²) in [4.78, 5) is 27.8. The molecule has 0 aliphatic carbocycles. The Bertz CT molecular complexity index is 900. The van der Waals surface area contributed by atoms with E-state index in [2.05, 4.69) is 10.2 Å². The molecule has 1 aliphatic heterocycles. The lowest BCUT2D eigenvalue weighted by Gasteiger charge is -2.38. The molecule has 7 heteroatoms. The number of carbonyl (C=O) groups excluding carboxylic acids is 1. The van der Waals surface area contributed by atoms with Gasteiger partial charge in [0, 0.05) is 49.4 Å². The van der Waals surface area contributed by atoms with Crippen molar-refractivity contribution in [2.45, 2.75) is 33.7 Å². The highest BCUT2D eigenvalue weighted by atomic mass is 16.6. The van der Waals surface area contributed by atoms with E-state index in [9.17, 15) is 14.9 Å². The maximum absolute atomic E-state index is 12.5. The zero-order valence-electron chi connectivity index (χ0n) is 18.1. The Morgan fingerprint density at radius 2 is 1.70 bits per heavy atom. The lowest BCUT2D eigenvalue weighted by atomic mass is 9.94. The second kappa shape index (κ2) is 8.73. The first-order valence-electron chi connectivity index (χ1n) is 10.3. The van der Waals surface area contributed by atoms with Gasteiger partial charge in [0.15, 0.2) is 0 Å². The van der Waals surface area contributed by atoms with Gasteiger partial charge < -0.3 is 15.1 Å². The highest BCUT2D eigenvalue weighted by Gasteiger charge is 2.30. The Morgan fingerprint density at radius 1 is 1.07 bits per heavy atom. The SMILES string of the molecule is C[C@@H](Nc1cc(N2CCN(C(=O)C(C)(C)C)CC2)ccc1[N+](=O)[O-])c1ccccc1. The lowest BCUT2D eigenvalue weighted by Crippen LogP contribution is -2.51. The van der Waals surface area contributed by atoms with Gasteiger partial charge in [0.1, 0.15) is 5.69 Å². The van der Waals surface area contributed by atoms with Crippen LogP contribution in [0.3, 0.4) is 0 Å². The average molecular weight is 411 g/mol. The van der Waals surface area contributed by atoms with Crippen LogP contribution in [0.1, 0.15) is 39.3 Å². The molecule has 0 radical (unpaired) electrons. The first-order chi connectivity index (χ1) is 14.2. The molecule has 0 unspecified atom stereocenters. The third kappa shape index (κ3) is 4.90. The Balaban J connectivity index is 1.76. The quantitative estimate of drug-likeness (QED) is 0.581. The van der Waals surface area contributed by atoms with Crippen LogP contribution in [0.25, 0.3) is 0 Å². The van der Waals surface area contributed by atoms with Gasteiger partial charge in [0.25, 0.3) is 5.69 Å². The van der Waals surface area contributed by atoms with Crippen LogP contribution in [-0.4, -0.2) is 41.9 Å². The molecule has 1 N–H and O–H groups in total. The predicted octanol–water partition coefficient (Wildman–Crippen LogP) is 4.46. The van der Waals surface area contributed by atoms with Crippen LogP contribution in [-0.2, 0) is 4.79 Å². The molecule has 160 valence electrons. The summed E-state index contributed by atoms with van der Waals surface area (Å²) >= 11 is 0. The second-order valence-corrected chi connectivity index (χ2v) is 8.76. The number of benzene rings is 2. The van der Waals surface area contributed by atoms with Crippen LogP contribution in [0, 0.1) is 15.5 Å². The number of nitro benzene ring substituents is 1. The summed E-state index contributed by atoms with van der Waals surface area (Å²) in [6.45, 7) is 10.5. The third-order valence-electron chi connectivity index (χ3n) is 5.42. The summed E-state index contributed by atoms with van der Waals surface area (Å²) in [7, 11) is 0. The minimum atomic E-state index is -0.389. The van der Waals surface area contributed by atoms with E-state index in [0.29, 0.717) is 31.9 Å². The molecular formula is C23H30N4O3. The molecule has 30 heavy (non-hydrogen) atoms. The van der Waals surface area contributed by atoms with Gasteiger partial charge in [-0.15, -0.1) is 0 Å². The summed E-state index contributed by atoms with van der Waals surface area (Å²) in [6.07, 6.45) is 0. The monoisotopic (exact) mass is 410 g/mol. The van der Waals surface area contributed by atoms with Crippen LogP contribution in [0.2, 0.25) is 0 Å². The molecule has 0 aromatic heterocycles. The van der Waals surface area contributed by atoms with Crippen molar-refractivity contribution >= 4 is 23.0 Å². The molecule has 1 atom stereocenters. The van der Waals surface area contributed by atoms with E-state index in [1.54, 1.807) is 12.1 Å². The van der Waals surface area contributed by atoms with Crippen molar-refractivity contribution in [3.05, 3.63) is 64.2 Å². The van der Waals surface area contributed by atoms with Gasteiger partial charge in [-0.05, 0) is 24.6 Å². The second-order valence-electron chi connectivity index (χ2n) is 8.76. The van der Waals surface area contributed by atoms with E-state index in [0.717, 1.165) is 11.3 Å². The van der Waals surface area contributed by atoms with Crippen LogP contribution < -0.4 is 10.2 Å². The van der Waals surface area contributed by atoms with Gasteiger partial charge in [-0.25, -0.2) is 0 Å². The predicted molar refractivity (Wildman–Crippen MR) is 120 cm³/mol. The molecular weight excluding hydrogens is 380 g/mol. The van der Waals surface area contributed by atoms with Crippen molar-refractivity contribution < 1.29 is 9.72 Å². The van der Waals surface area contributed by atoms with Crippen molar-refractivity contribution in [3.8, 4) is 0 Å². The Morgan fingerprint density at radius 3 is 2.27 bits per heavy atom. The van der Waals surface area contributed by atoms with Gasteiger partial charge in [0.2, 0.25) is 5.91 Å². The zero-order chi connectivity index (χ0) is 21.9. The highest BCUT2D eigenvalue weighted by Crippen LogP contribution is 2.33. The Kier molecular flexibility index (Phi) is 6.29. The number of piperazine rings is 1. The van der Waals surface area contributed by atoms with Gasteiger partial charge >= 0.3 is 0 Å². The van der Waals surface area contributed by atoms with Crippen LogP contribution in [0.15, 0.2) is 48.5 Å². The molecule has 0 bridgehead atoms. The maximum Gasteiger partial charge on any atom is 0.292 e. The van der Waals surface area contributed by atoms with Crippen LogP contribution >= 0.6 is 0 Å². The number of carbonyl (C=O) groups is 1.